The van der Waals surface area contributed by atoms with E-state index in [4.69, 9.17) is 0 Å². The summed E-state index contributed by atoms with van der Waals surface area (Å²) in [6.07, 6.45) is -12.1. The second kappa shape index (κ2) is 7.95. The molecule has 2 amide bonds. The SMILES string of the molecule is CC(C)CC(=O)N(CC(=O)OCC(F)(F)F)C(=O)C(F)(F)C(F)(F)F. The summed E-state index contributed by atoms with van der Waals surface area (Å²) in [5, 5.41) is 0. The van der Waals surface area contributed by atoms with Crippen LogP contribution in [0.4, 0.5) is 35.1 Å². The number of hydrogen-bond donors (Lipinski definition) is 0. The fourth-order valence-electron chi connectivity index (χ4n) is 1.36. The number of imide groups is 1. The van der Waals surface area contributed by atoms with E-state index in [2.05, 4.69) is 4.74 Å². The highest BCUT2D eigenvalue weighted by Gasteiger charge is 2.65. The Morgan fingerprint density at radius 2 is 1.44 bits per heavy atom. The lowest BCUT2D eigenvalue weighted by Crippen LogP contribution is -2.55. The van der Waals surface area contributed by atoms with Gasteiger partial charge in [-0.3, -0.25) is 19.3 Å². The Balaban J connectivity index is 5.41. The van der Waals surface area contributed by atoms with Crippen LogP contribution >= 0.6 is 0 Å². The zero-order valence-corrected chi connectivity index (χ0v) is 12.8. The van der Waals surface area contributed by atoms with Crippen LogP contribution in [0.3, 0.4) is 0 Å². The standard InChI is InChI=1S/C12H13F8NO4/c1-6(2)3-7(22)21(4-8(23)25-5-10(13,14)15)9(24)11(16,17)12(18,19)20/h6H,3-5H2,1-2H3. The van der Waals surface area contributed by atoms with Gasteiger partial charge in [-0.1, -0.05) is 13.8 Å². The summed E-state index contributed by atoms with van der Waals surface area (Å²) in [4.78, 5) is 33.5. The average Bonchev–Trinajstić information content (AvgIpc) is 2.38. The van der Waals surface area contributed by atoms with Crippen molar-refractivity contribution in [3.63, 3.8) is 0 Å². The molecule has 0 bridgehead atoms. The highest BCUT2D eigenvalue weighted by molar-refractivity contribution is 6.01. The second-order valence-electron chi connectivity index (χ2n) is 5.23. The van der Waals surface area contributed by atoms with Crippen LogP contribution in [-0.2, 0) is 19.1 Å². The minimum atomic E-state index is -6.36. The fraction of sp³-hybridized carbons (Fsp3) is 0.750. The maximum atomic E-state index is 13.1. The van der Waals surface area contributed by atoms with E-state index in [-0.39, 0.29) is 0 Å². The first kappa shape index (κ1) is 23.1. The van der Waals surface area contributed by atoms with Crippen LogP contribution in [0.2, 0.25) is 0 Å². The van der Waals surface area contributed by atoms with Gasteiger partial charge in [0, 0.05) is 6.42 Å². The van der Waals surface area contributed by atoms with Crippen LogP contribution in [0, 0.1) is 5.92 Å². The summed E-state index contributed by atoms with van der Waals surface area (Å²) in [6, 6.07) is 0. The second-order valence-corrected chi connectivity index (χ2v) is 5.23. The lowest BCUT2D eigenvalue weighted by atomic mass is 10.1. The molecule has 0 aliphatic carbocycles. The third-order valence-corrected chi connectivity index (χ3v) is 2.44. The minimum Gasteiger partial charge on any atom is -0.455 e. The van der Waals surface area contributed by atoms with Crippen molar-refractivity contribution in [1.82, 2.24) is 4.90 Å². The molecule has 0 aliphatic rings. The molecule has 0 aliphatic heterocycles. The van der Waals surface area contributed by atoms with Gasteiger partial charge >= 0.3 is 30.2 Å². The van der Waals surface area contributed by atoms with Crippen LogP contribution in [0.1, 0.15) is 20.3 Å². The van der Waals surface area contributed by atoms with E-state index < -0.39 is 66.4 Å². The van der Waals surface area contributed by atoms with Crippen LogP contribution < -0.4 is 0 Å². The zero-order valence-electron chi connectivity index (χ0n) is 12.8. The predicted octanol–water partition coefficient (Wildman–Crippen LogP) is 2.69. The van der Waals surface area contributed by atoms with E-state index in [0.717, 1.165) is 0 Å². The lowest BCUT2D eigenvalue weighted by molar-refractivity contribution is -0.273. The predicted molar refractivity (Wildman–Crippen MR) is 64.2 cm³/mol. The Kier molecular flexibility index (Phi) is 7.33. The maximum absolute atomic E-state index is 13.1. The number of amides is 2. The van der Waals surface area contributed by atoms with Gasteiger partial charge in [0.25, 0.3) is 0 Å². The average molecular weight is 387 g/mol. The molecule has 0 saturated carbocycles. The number of rotatable bonds is 6. The normalized spacial score (nSPS) is 12.9. The summed E-state index contributed by atoms with van der Waals surface area (Å²) in [7, 11) is 0. The third-order valence-electron chi connectivity index (χ3n) is 2.44. The lowest BCUT2D eigenvalue weighted by Gasteiger charge is -2.26. The topological polar surface area (TPSA) is 63.7 Å². The van der Waals surface area contributed by atoms with Gasteiger partial charge in [0.05, 0.1) is 0 Å². The quantitative estimate of drug-likeness (QED) is 0.519. The highest BCUT2D eigenvalue weighted by Crippen LogP contribution is 2.37. The Morgan fingerprint density at radius 3 is 1.80 bits per heavy atom. The summed E-state index contributed by atoms with van der Waals surface area (Å²) in [6.45, 7) is -1.27. The molecule has 0 spiro atoms. The Morgan fingerprint density at radius 1 is 0.960 bits per heavy atom. The third kappa shape index (κ3) is 7.22. The number of carbonyl (C=O) groups is 3. The van der Waals surface area contributed by atoms with E-state index in [1.165, 1.54) is 13.8 Å². The number of halogens is 8. The van der Waals surface area contributed by atoms with Crippen molar-refractivity contribution in [3.8, 4) is 0 Å². The van der Waals surface area contributed by atoms with Crippen LogP contribution in [0.5, 0.6) is 0 Å². The molecule has 5 nitrogen and oxygen atoms in total. The highest BCUT2D eigenvalue weighted by atomic mass is 19.4. The molecule has 13 heteroatoms. The van der Waals surface area contributed by atoms with Crippen molar-refractivity contribution in [2.24, 2.45) is 5.92 Å². The fourth-order valence-corrected chi connectivity index (χ4v) is 1.36. The van der Waals surface area contributed by atoms with Crippen LogP contribution in [-0.4, -0.2) is 54.1 Å². The number of esters is 1. The maximum Gasteiger partial charge on any atom is 0.463 e. The van der Waals surface area contributed by atoms with Gasteiger partial charge in [0.1, 0.15) is 6.54 Å². The molecule has 0 aromatic rings. The molecule has 0 radical (unpaired) electrons. The largest absolute Gasteiger partial charge is 0.463 e. The number of nitrogens with zero attached hydrogens (tertiary/aromatic N) is 1. The first-order valence-corrected chi connectivity index (χ1v) is 6.50. The molecule has 0 N–H and O–H groups in total. The van der Waals surface area contributed by atoms with E-state index in [1.807, 2.05) is 0 Å². The van der Waals surface area contributed by atoms with E-state index >= 15 is 0 Å². The number of carbonyl (C=O) groups excluding carboxylic acids is 3. The molecule has 146 valence electrons. The summed E-state index contributed by atoms with van der Waals surface area (Å²) in [5.74, 6) is -13.2. The van der Waals surface area contributed by atoms with Gasteiger partial charge in [-0.15, -0.1) is 0 Å². The molecule has 25 heavy (non-hydrogen) atoms. The molecule has 0 heterocycles. The zero-order chi connectivity index (χ0) is 20.2. The van der Waals surface area contributed by atoms with Gasteiger partial charge in [-0.25, -0.2) is 0 Å². The molecule has 0 unspecified atom stereocenters. The van der Waals surface area contributed by atoms with E-state index in [0.29, 0.717) is 0 Å². The van der Waals surface area contributed by atoms with Crippen molar-refractivity contribution >= 4 is 17.8 Å². The summed E-state index contributed by atoms with van der Waals surface area (Å²) >= 11 is 0. The first-order chi connectivity index (χ1) is 11.0. The molecule has 0 aromatic heterocycles. The first-order valence-electron chi connectivity index (χ1n) is 6.50. The summed E-state index contributed by atoms with van der Waals surface area (Å²) in [5.41, 5.74) is 0. The van der Waals surface area contributed by atoms with Crippen molar-refractivity contribution in [1.29, 1.82) is 0 Å². The van der Waals surface area contributed by atoms with Crippen molar-refractivity contribution in [2.75, 3.05) is 13.2 Å². The number of ether oxygens (including phenoxy) is 1. The number of hydrogen-bond acceptors (Lipinski definition) is 4. The van der Waals surface area contributed by atoms with Crippen LogP contribution in [0.25, 0.3) is 0 Å². The van der Waals surface area contributed by atoms with Gasteiger partial charge in [-0.2, -0.15) is 35.1 Å². The van der Waals surface area contributed by atoms with Crippen molar-refractivity contribution < 1.29 is 54.2 Å². The molecular weight excluding hydrogens is 374 g/mol. The molecule has 0 aromatic carbocycles. The van der Waals surface area contributed by atoms with Gasteiger partial charge < -0.3 is 4.74 Å². The molecule has 0 atom stereocenters. The number of alkyl halides is 8. The van der Waals surface area contributed by atoms with E-state index in [9.17, 15) is 49.5 Å². The molecule has 0 saturated heterocycles. The van der Waals surface area contributed by atoms with E-state index in [1.54, 1.807) is 0 Å². The monoisotopic (exact) mass is 387 g/mol. The Hall–Kier alpha value is -1.95. The van der Waals surface area contributed by atoms with Crippen molar-refractivity contribution in [3.05, 3.63) is 0 Å². The van der Waals surface area contributed by atoms with Gasteiger partial charge in [0.2, 0.25) is 5.91 Å². The molecular formula is C12H13F8NO4. The van der Waals surface area contributed by atoms with Crippen molar-refractivity contribution in [2.45, 2.75) is 38.5 Å². The Labute approximate surface area is 135 Å². The minimum absolute atomic E-state index is 0.603. The van der Waals surface area contributed by atoms with Gasteiger partial charge in [0.15, 0.2) is 6.61 Å². The molecule has 0 rings (SSSR count). The van der Waals surface area contributed by atoms with Gasteiger partial charge in [-0.05, 0) is 5.92 Å². The summed E-state index contributed by atoms with van der Waals surface area (Å²) < 4.78 is 102. The van der Waals surface area contributed by atoms with Crippen LogP contribution in [0.15, 0.2) is 0 Å². The molecule has 0 fully saturated rings. The Bertz CT molecular complexity index is 512. The smallest absolute Gasteiger partial charge is 0.455 e.